The molecule has 2 aromatic carbocycles. The van der Waals surface area contributed by atoms with Gasteiger partial charge in [-0.25, -0.2) is 0 Å². The van der Waals surface area contributed by atoms with E-state index in [4.69, 9.17) is 0 Å². The topological polar surface area (TPSA) is 32.3 Å². The number of carbonyl (C=O) groups excluding carboxylic acids is 1. The number of halogens is 1. The van der Waals surface area contributed by atoms with Crippen LogP contribution in [-0.4, -0.2) is 18.5 Å². The van der Waals surface area contributed by atoms with Gasteiger partial charge < -0.3 is 10.2 Å². The predicted octanol–water partition coefficient (Wildman–Crippen LogP) is 4.07. The Kier molecular flexibility index (Phi) is 4.66. The van der Waals surface area contributed by atoms with Gasteiger partial charge in [0.15, 0.2) is 0 Å². The fraction of sp³-hybridized carbons (Fsp3) is 0.278. The van der Waals surface area contributed by atoms with Gasteiger partial charge in [0.05, 0.1) is 12.2 Å². The first-order valence-electron chi connectivity index (χ1n) is 7.54. The number of rotatable bonds is 3. The average molecular weight is 406 g/mol. The molecule has 0 spiro atoms. The number of para-hydroxylation sites is 2. The number of anilines is 2. The molecule has 0 radical (unpaired) electrons. The van der Waals surface area contributed by atoms with Crippen molar-refractivity contribution in [2.45, 2.75) is 25.8 Å². The first kappa shape index (κ1) is 15.3. The second kappa shape index (κ2) is 6.69. The van der Waals surface area contributed by atoms with Crippen molar-refractivity contribution in [1.82, 2.24) is 0 Å². The van der Waals surface area contributed by atoms with E-state index < -0.39 is 0 Å². The van der Waals surface area contributed by atoms with Crippen molar-refractivity contribution in [3.8, 4) is 0 Å². The summed E-state index contributed by atoms with van der Waals surface area (Å²) in [6.45, 7) is 2.58. The lowest BCUT2D eigenvalue weighted by atomic mass is 9.96. The number of benzene rings is 2. The van der Waals surface area contributed by atoms with Gasteiger partial charge in [0.1, 0.15) is 0 Å². The van der Waals surface area contributed by atoms with Crippen LogP contribution in [-0.2, 0) is 11.2 Å². The molecule has 4 heteroatoms. The minimum atomic E-state index is 0.0349. The maximum Gasteiger partial charge on any atom is 0.243 e. The van der Waals surface area contributed by atoms with Crippen LogP contribution < -0.4 is 10.2 Å². The van der Waals surface area contributed by atoms with Crippen molar-refractivity contribution in [3.05, 3.63) is 57.7 Å². The van der Waals surface area contributed by atoms with E-state index >= 15 is 0 Å². The second-order valence-corrected chi connectivity index (χ2v) is 6.83. The molecule has 0 saturated carbocycles. The Hall–Kier alpha value is -1.56. The van der Waals surface area contributed by atoms with Gasteiger partial charge in [-0.15, -0.1) is 0 Å². The molecule has 114 valence electrons. The third-order valence-electron chi connectivity index (χ3n) is 4.13. The van der Waals surface area contributed by atoms with Crippen LogP contribution in [0.15, 0.2) is 48.5 Å². The van der Waals surface area contributed by atoms with Gasteiger partial charge in [0.2, 0.25) is 5.91 Å². The number of hydrogen-bond donors (Lipinski definition) is 1. The van der Waals surface area contributed by atoms with Gasteiger partial charge in [-0.3, -0.25) is 4.79 Å². The zero-order valence-electron chi connectivity index (χ0n) is 12.6. The van der Waals surface area contributed by atoms with E-state index in [0.717, 1.165) is 22.1 Å². The monoisotopic (exact) mass is 406 g/mol. The highest BCUT2D eigenvalue weighted by Crippen LogP contribution is 2.30. The van der Waals surface area contributed by atoms with Gasteiger partial charge in [-0.2, -0.15) is 0 Å². The summed E-state index contributed by atoms with van der Waals surface area (Å²) in [5, 5.41) is 3.02. The summed E-state index contributed by atoms with van der Waals surface area (Å²) in [5.41, 5.74) is 3.41. The van der Waals surface area contributed by atoms with E-state index in [1.54, 1.807) is 0 Å². The molecular formula is C18H19IN2O. The first-order valence-corrected chi connectivity index (χ1v) is 8.62. The molecule has 1 aliphatic heterocycles. The normalized spacial score (nSPS) is 17.0. The third-order valence-corrected chi connectivity index (χ3v) is 5.07. The second-order valence-electron chi connectivity index (χ2n) is 5.67. The fourth-order valence-corrected chi connectivity index (χ4v) is 3.43. The van der Waals surface area contributed by atoms with E-state index in [0.29, 0.717) is 12.6 Å². The summed E-state index contributed by atoms with van der Waals surface area (Å²) in [6.07, 6.45) is 2.18. The summed E-state index contributed by atoms with van der Waals surface area (Å²) in [4.78, 5) is 14.6. The van der Waals surface area contributed by atoms with Crippen molar-refractivity contribution in [1.29, 1.82) is 0 Å². The summed E-state index contributed by atoms with van der Waals surface area (Å²) in [7, 11) is 0. The van der Waals surface area contributed by atoms with Crippen LogP contribution in [0.4, 0.5) is 11.4 Å². The Morgan fingerprint density at radius 2 is 1.95 bits per heavy atom. The van der Waals surface area contributed by atoms with E-state index in [9.17, 15) is 4.79 Å². The Balaban J connectivity index is 1.75. The SMILES string of the molecule is CC1CCc2ccccc2N1CC(=O)Nc1ccccc1I. The molecule has 0 bridgehead atoms. The highest BCUT2D eigenvalue weighted by Gasteiger charge is 2.24. The zero-order valence-corrected chi connectivity index (χ0v) is 14.7. The van der Waals surface area contributed by atoms with Crippen molar-refractivity contribution in [3.63, 3.8) is 0 Å². The van der Waals surface area contributed by atoms with Crippen LogP contribution in [0.3, 0.4) is 0 Å². The lowest BCUT2D eigenvalue weighted by Gasteiger charge is -2.36. The van der Waals surface area contributed by atoms with Crippen molar-refractivity contribution < 1.29 is 4.79 Å². The molecular weight excluding hydrogens is 387 g/mol. The van der Waals surface area contributed by atoms with E-state index in [2.05, 4.69) is 57.9 Å². The van der Waals surface area contributed by atoms with Crippen LogP contribution in [0.25, 0.3) is 0 Å². The molecule has 0 fully saturated rings. The number of hydrogen-bond acceptors (Lipinski definition) is 2. The Bertz CT molecular complexity index is 686. The standard InChI is InChI=1S/C18H19IN2O/c1-13-10-11-14-6-2-5-9-17(14)21(13)12-18(22)20-16-8-4-3-7-15(16)19/h2-9,13H,10-12H2,1H3,(H,20,22). The van der Waals surface area contributed by atoms with Crippen LogP contribution in [0.5, 0.6) is 0 Å². The van der Waals surface area contributed by atoms with Crippen LogP contribution in [0.2, 0.25) is 0 Å². The molecule has 1 amide bonds. The predicted molar refractivity (Wildman–Crippen MR) is 99.4 cm³/mol. The minimum Gasteiger partial charge on any atom is -0.359 e. The van der Waals surface area contributed by atoms with Crippen molar-refractivity contribution in [2.75, 3.05) is 16.8 Å². The molecule has 1 heterocycles. The zero-order chi connectivity index (χ0) is 15.5. The van der Waals surface area contributed by atoms with E-state index in [1.807, 2.05) is 30.3 Å². The minimum absolute atomic E-state index is 0.0349. The van der Waals surface area contributed by atoms with Crippen LogP contribution >= 0.6 is 22.6 Å². The number of carbonyl (C=O) groups is 1. The molecule has 0 aliphatic carbocycles. The van der Waals surface area contributed by atoms with Gasteiger partial charge in [-0.05, 0) is 66.1 Å². The molecule has 22 heavy (non-hydrogen) atoms. The van der Waals surface area contributed by atoms with Gasteiger partial charge in [-0.1, -0.05) is 30.3 Å². The Morgan fingerprint density at radius 1 is 1.23 bits per heavy atom. The van der Waals surface area contributed by atoms with E-state index in [1.165, 1.54) is 11.3 Å². The number of amides is 1. The number of nitrogens with zero attached hydrogens (tertiary/aromatic N) is 1. The van der Waals surface area contributed by atoms with Gasteiger partial charge in [0.25, 0.3) is 0 Å². The summed E-state index contributed by atoms with van der Waals surface area (Å²) in [5.74, 6) is 0.0349. The van der Waals surface area contributed by atoms with Crippen molar-refractivity contribution in [2.24, 2.45) is 0 Å². The van der Waals surface area contributed by atoms with Crippen molar-refractivity contribution >= 4 is 39.9 Å². The molecule has 1 N–H and O–H groups in total. The maximum absolute atomic E-state index is 12.4. The lowest BCUT2D eigenvalue weighted by molar-refractivity contribution is -0.115. The Labute approximate surface area is 144 Å². The summed E-state index contributed by atoms with van der Waals surface area (Å²) < 4.78 is 1.06. The number of fused-ring (bicyclic) bond motifs is 1. The number of nitrogens with one attached hydrogen (secondary N) is 1. The molecule has 2 aromatic rings. The highest BCUT2D eigenvalue weighted by molar-refractivity contribution is 14.1. The molecule has 0 aromatic heterocycles. The maximum atomic E-state index is 12.4. The molecule has 1 aliphatic rings. The quantitative estimate of drug-likeness (QED) is 0.780. The molecule has 3 nitrogen and oxygen atoms in total. The molecule has 3 rings (SSSR count). The molecule has 0 saturated heterocycles. The number of aryl methyl sites for hydroxylation is 1. The van der Waals surface area contributed by atoms with Crippen LogP contribution in [0.1, 0.15) is 18.9 Å². The first-order chi connectivity index (χ1) is 10.6. The van der Waals surface area contributed by atoms with Gasteiger partial charge >= 0.3 is 0 Å². The molecule has 1 atom stereocenters. The van der Waals surface area contributed by atoms with Crippen LogP contribution in [0, 0.1) is 3.57 Å². The molecule has 1 unspecified atom stereocenters. The smallest absolute Gasteiger partial charge is 0.243 e. The van der Waals surface area contributed by atoms with Gasteiger partial charge in [0, 0.05) is 15.3 Å². The summed E-state index contributed by atoms with van der Waals surface area (Å²) in [6, 6.07) is 16.6. The Morgan fingerprint density at radius 3 is 2.77 bits per heavy atom. The lowest BCUT2D eigenvalue weighted by Crippen LogP contribution is -2.42. The highest BCUT2D eigenvalue weighted by atomic mass is 127. The average Bonchev–Trinajstić information content (AvgIpc) is 2.52. The van der Waals surface area contributed by atoms with E-state index in [-0.39, 0.29) is 5.91 Å². The third kappa shape index (κ3) is 3.27. The fourth-order valence-electron chi connectivity index (χ4n) is 2.91. The summed E-state index contributed by atoms with van der Waals surface area (Å²) >= 11 is 2.24. The largest absolute Gasteiger partial charge is 0.359 e.